The fraction of sp³-hybridized carbons (Fsp3) is 0.684. The van der Waals surface area contributed by atoms with Crippen molar-refractivity contribution >= 4 is 0 Å². The van der Waals surface area contributed by atoms with Crippen molar-refractivity contribution in [3.63, 3.8) is 0 Å². The Bertz CT molecular complexity index is 412. The summed E-state index contributed by atoms with van der Waals surface area (Å²) in [6, 6.07) is 10.3. The van der Waals surface area contributed by atoms with Crippen LogP contribution < -0.4 is 5.73 Å². The van der Waals surface area contributed by atoms with Gasteiger partial charge in [0.15, 0.2) is 0 Å². The largest absolute Gasteiger partial charge is 0.326 e. The molecule has 0 saturated carbocycles. The average molecular weight is 288 g/mol. The Kier molecular flexibility index (Phi) is 6.25. The summed E-state index contributed by atoms with van der Waals surface area (Å²) >= 11 is 0. The second kappa shape index (κ2) is 7.95. The molecule has 0 aliphatic carbocycles. The first-order chi connectivity index (χ1) is 10.2. The van der Waals surface area contributed by atoms with E-state index in [1.165, 1.54) is 49.8 Å². The van der Waals surface area contributed by atoms with E-state index in [-0.39, 0.29) is 6.04 Å². The number of nitrogens with two attached hydrogens (primary N) is 1. The zero-order chi connectivity index (χ0) is 15.2. The normalized spacial score (nSPS) is 23.5. The summed E-state index contributed by atoms with van der Waals surface area (Å²) in [5.41, 5.74) is 9.27. The molecular weight excluding hydrogens is 256 g/mol. The van der Waals surface area contributed by atoms with E-state index in [2.05, 4.69) is 49.9 Å². The molecule has 1 aromatic rings. The van der Waals surface area contributed by atoms with Gasteiger partial charge in [-0.3, -0.25) is 4.90 Å². The number of nitrogens with zero attached hydrogens (tertiary/aromatic N) is 1. The smallest absolute Gasteiger partial charge is 0.0501 e. The van der Waals surface area contributed by atoms with Gasteiger partial charge >= 0.3 is 0 Å². The van der Waals surface area contributed by atoms with Gasteiger partial charge in [-0.2, -0.15) is 0 Å². The van der Waals surface area contributed by atoms with Crippen LogP contribution in [0.3, 0.4) is 0 Å². The fourth-order valence-electron chi connectivity index (χ4n) is 3.68. The Morgan fingerprint density at radius 3 is 2.48 bits per heavy atom. The van der Waals surface area contributed by atoms with E-state index in [1.54, 1.807) is 0 Å². The van der Waals surface area contributed by atoms with Crippen LogP contribution in [0.5, 0.6) is 0 Å². The highest BCUT2D eigenvalue weighted by molar-refractivity contribution is 5.25. The molecular formula is C19H32N2. The van der Waals surface area contributed by atoms with Gasteiger partial charge in [0.25, 0.3) is 0 Å². The minimum absolute atomic E-state index is 0.222. The molecule has 21 heavy (non-hydrogen) atoms. The standard InChI is InChI=1S/C19H32N2/c1-4-17-9-7-6-8-14-21(17)19(18(20)5-2)16-12-10-15(3)11-13-16/h10-13,17-19H,4-9,14,20H2,1-3H3. The molecule has 0 aromatic heterocycles. The molecule has 2 rings (SSSR count). The first kappa shape index (κ1) is 16.5. The van der Waals surface area contributed by atoms with Crippen LogP contribution in [-0.4, -0.2) is 23.5 Å². The van der Waals surface area contributed by atoms with Crippen LogP contribution in [0.1, 0.15) is 69.5 Å². The summed E-state index contributed by atoms with van der Waals surface area (Å²) < 4.78 is 0. The number of rotatable bonds is 5. The van der Waals surface area contributed by atoms with E-state index in [0.717, 1.165) is 6.42 Å². The summed E-state index contributed by atoms with van der Waals surface area (Å²) in [7, 11) is 0. The van der Waals surface area contributed by atoms with E-state index in [0.29, 0.717) is 12.1 Å². The van der Waals surface area contributed by atoms with E-state index < -0.39 is 0 Å². The lowest BCUT2D eigenvalue weighted by Crippen LogP contribution is -2.45. The lowest BCUT2D eigenvalue weighted by atomic mass is 9.93. The predicted octanol–water partition coefficient (Wildman–Crippen LogP) is 4.43. The third-order valence-electron chi connectivity index (χ3n) is 5.05. The number of benzene rings is 1. The quantitative estimate of drug-likeness (QED) is 0.868. The predicted molar refractivity (Wildman–Crippen MR) is 91.4 cm³/mol. The van der Waals surface area contributed by atoms with Crippen molar-refractivity contribution in [1.82, 2.24) is 4.90 Å². The summed E-state index contributed by atoms with van der Waals surface area (Å²) in [4.78, 5) is 2.71. The SMILES string of the molecule is CCC(N)C(c1ccc(C)cc1)N1CCCCCC1CC. The maximum absolute atomic E-state index is 6.54. The van der Waals surface area contributed by atoms with Crippen molar-refractivity contribution in [2.45, 2.75) is 77.4 Å². The lowest BCUT2D eigenvalue weighted by Gasteiger charge is -2.40. The molecule has 118 valence electrons. The first-order valence-corrected chi connectivity index (χ1v) is 8.75. The van der Waals surface area contributed by atoms with Crippen molar-refractivity contribution in [2.24, 2.45) is 5.73 Å². The monoisotopic (exact) mass is 288 g/mol. The van der Waals surface area contributed by atoms with Crippen molar-refractivity contribution < 1.29 is 0 Å². The zero-order valence-electron chi connectivity index (χ0n) is 14.0. The molecule has 1 saturated heterocycles. The minimum Gasteiger partial charge on any atom is -0.326 e. The van der Waals surface area contributed by atoms with Crippen LogP contribution in [0.4, 0.5) is 0 Å². The molecule has 0 radical (unpaired) electrons. The molecule has 0 spiro atoms. The van der Waals surface area contributed by atoms with E-state index in [9.17, 15) is 0 Å². The van der Waals surface area contributed by atoms with Gasteiger partial charge < -0.3 is 5.73 Å². The highest BCUT2D eigenvalue weighted by Crippen LogP contribution is 2.32. The van der Waals surface area contributed by atoms with Crippen LogP contribution in [0, 0.1) is 6.92 Å². The maximum atomic E-state index is 6.54. The Morgan fingerprint density at radius 2 is 1.86 bits per heavy atom. The number of hydrogen-bond acceptors (Lipinski definition) is 2. The third-order valence-corrected chi connectivity index (χ3v) is 5.05. The summed E-state index contributed by atoms with van der Waals surface area (Å²) in [6.07, 6.45) is 7.65. The van der Waals surface area contributed by atoms with Gasteiger partial charge in [0.05, 0.1) is 6.04 Å². The fourth-order valence-corrected chi connectivity index (χ4v) is 3.68. The van der Waals surface area contributed by atoms with Crippen LogP contribution in [-0.2, 0) is 0 Å². The van der Waals surface area contributed by atoms with Gasteiger partial charge in [0.2, 0.25) is 0 Å². The van der Waals surface area contributed by atoms with E-state index in [1.807, 2.05) is 0 Å². The van der Waals surface area contributed by atoms with Crippen molar-refractivity contribution in [1.29, 1.82) is 0 Å². The Hall–Kier alpha value is -0.860. The second-order valence-corrected chi connectivity index (χ2v) is 6.58. The van der Waals surface area contributed by atoms with Crippen LogP contribution >= 0.6 is 0 Å². The summed E-state index contributed by atoms with van der Waals surface area (Å²) in [5, 5.41) is 0. The molecule has 1 aromatic carbocycles. The van der Waals surface area contributed by atoms with Gasteiger partial charge in [-0.25, -0.2) is 0 Å². The van der Waals surface area contributed by atoms with Crippen molar-refractivity contribution in [3.8, 4) is 0 Å². The maximum Gasteiger partial charge on any atom is 0.0501 e. The van der Waals surface area contributed by atoms with Gasteiger partial charge in [0, 0.05) is 12.1 Å². The van der Waals surface area contributed by atoms with Crippen LogP contribution in [0.25, 0.3) is 0 Å². The first-order valence-electron chi connectivity index (χ1n) is 8.75. The third kappa shape index (κ3) is 4.08. The molecule has 0 bridgehead atoms. The number of likely N-dealkylation sites (tertiary alicyclic amines) is 1. The van der Waals surface area contributed by atoms with Crippen molar-refractivity contribution in [2.75, 3.05) is 6.54 Å². The molecule has 3 atom stereocenters. The highest BCUT2D eigenvalue weighted by atomic mass is 15.2. The van der Waals surface area contributed by atoms with Gasteiger partial charge in [-0.1, -0.05) is 56.5 Å². The molecule has 1 heterocycles. The molecule has 1 aliphatic rings. The molecule has 0 amide bonds. The number of aryl methyl sites for hydroxylation is 1. The minimum atomic E-state index is 0.222. The zero-order valence-corrected chi connectivity index (χ0v) is 14.0. The molecule has 2 heteroatoms. The van der Waals surface area contributed by atoms with Gasteiger partial charge in [-0.05, 0) is 44.7 Å². The Balaban J connectivity index is 2.31. The highest BCUT2D eigenvalue weighted by Gasteiger charge is 2.31. The van der Waals surface area contributed by atoms with Crippen molar-refractivity contribution in [3.05, 3.63) is 35.4 Å². The van der Waals surface area contributed by atoms with Crippen LogP contribution in [0.2, 0.25) is 0 Å². The molecule has 1 fully saturated rings. The second-order valence-electron chi connectivity index (χ2n) is 6.58. The van der Waals surface area contributed by atoms with Gasteiger partial charge in [0.1, 0.15) is 0 Å². The molecule has 2 N–H and O–H groups in total. The van der Waals surface area contributed by atoms with E-state index in [4.69, 9.17) is 5.73 Å². The molecule has 2 nitrogen and oxygen atoms in total. The summed E-state index contributed by atoms with van der Waals surface area (Å²) in [5.74, 6) is 0. The van der Waals surface area contributed by atoms with Crippen LogP contribution in [0.15, 0.2) is 24.3 Å². The topological polar surface area (TPSA) is 29.3 Å². The van der Waals surface area contributed by atoms with Gasteiger partial charge in [-0.15, -0.1) is 0 Å². The molecule has 1 aliphatic heterocycles. The lowest BCUT2D eigenvalue weighted by molar-refractivity contribution is 0.112. The molecule has 3 unspecified atom stereocenters. The summed E-state index contributed by atoms with van der Waals surface area (Å²) in [6.45, 7) is 7.89. The Morgan fingerprint density at radius 1 is 1.14 bits per heavy atom. The average Bonchev–Trinajstić information content (AvgIpc) is 2.74. The van der Waals surface area contributed by atoms with E-state index >= 15 is 0 Å². The number of hydrogen-bond donors (Lipinski definition) is 1. The Labute approximate surface area is 130 Å².